The Morgan fingerprint density at radius 2 is 1.86 bits per heavy atom. The van der Waals surface area contributed by atoms with Crippen LogP contribution in [0.25, 0.3) is 0 Å². The molecular weight excluding hydrogens is 260 g/mol. The van der Waals surface area contributed by atoms with Crippen LogP contribution >= 0.6 is 0 Å². The smallest absolute Gasteiger partial charge is 0.128 e. The van der Waals surface area contributed by atoms with E-state index < -0.39 is 0 Å². The minimum atomic E-state index is 0.199. The summed E-state index contributed by atoms with van der Waals surface area (Å²) in [6.45, 7) is 8.40. The van der Waals surface area contributed by atoms with E-state index >= 15 is 0 Å². The Bertz CT molecular complexity index is 594. The Balaban J connectivity index is 2.20. The Morgan fingerprint density at radius 3 is 2.38 bits per heavy atom. The molecule has 4 nitrogen and oxygen atoms in total. The molecule has 2 heterocycles. The highest BCUT2D eigenvalue weighted by Crippen LogP contribution is 2.25. The molecule has 21 heavy (non-hydrogen) atoms. The van der Waals surface area contributed by atoms with Crippen molar-refractivity contribution in [2.24, 2.45) is 0 Å². The Kier molecular flexibility index (Phi) is 4.46. The van der Waals surface area contributed by atoms with Crippen molar-refractivity contribution < 1.29 is 0 Å². The predicted octanol–water partition coefficient (Wildman–Crippen LogP) is 3.64. The first kappa shape index (κ1) is 15.3. The van der Waals surface area contributed by atoms with E-state index in [1.54, 1.807) is 0 Å². The highest BCUT2D eigenvalue weighted by molar-refractivity contribution is 5.50. The van der Waals surface area contributed by atoms with Gasteiger partial charge in [-0.05, 0) is 57.0 Å². The number of rotatable bonds is 4. The van der Waals surface area contributed by atoms with Gasteiger partial charge in [-0.15, -0.1) is 0 Å². The lowest BCUT2D eigenvalue weighted by Gasteiger charge is -2.20. The molecule has 0 saturated heterocycles. The fourth-order valence-corrected chi connectivity index (χ4v) is 2.75. The SMILES string of the molecule is Cc1cc(C)c(C(C)Nc2ccc(N(C)C)nc2)c(C)n1. The molecule has 1 unspecified atom stereocenters. The number of pyridine rings is 2. The summed E-state index contributed by atoms with van der Waals surface area (Å²) in [7, 11) is 3.98. The molecule has 1 atom stereocenters. The second kappa shape index (κ2) is 6.12. The number of hydrogen-bond donors (Lipinski definition) is 1. The summed E-state index contributed by atoms with van der Waals surface area (Å²) in [4.78, 5) is 11.0. The highest BCUT2D eigenvalue weighted by atomic mass is 15.1. The summed E-state index contributed by atoms with van der Waals surface area (Å²) in [5.74, 6) is 0.956. The van der Waals surface area contributed by atoms with Gasteiger partial charge in [-0.3, -0.25) is 4.98 Å². The maximum absolute atomic E-state index is 4.57. The monoisotopic (exact) mass is 284 g/mol. The molecule has 0 aromatic carbocycles. The zero-order chi connectivity index (χ0) is 15.6. The molecule has 0 aliphatic heterocycles. The largest absolute Gasteiger partial charge is 0.377 e. The minimum Gasteiger partial charge on any atom is -0.377 e. The molecule has 0 aliphatic rings. The van der Waals surface area contributed by atoms with Gasteiger partial charge in [0.25, 0.3) is 0 Å². The van der Waals surface area contributed by atoms with Crippen LogP contribution in [-0.2, 0) is 0 Å². The molecule has 0 bridgehead atoms. The fraction of sp³-hybridized carbons (Fsp3) is 0.412. The second-order valence-corrected chi connectivity index (χ2v) is 5.75. The lowest BCUT2D eigenvalue weighted by atomic mass is 10.0. The molecule has 0 saturated carbocycles. The first-order valence-electron chi connectivity index (χ1n) is 7.23. The zero-order valence-corrected chi connectivity index (χ0v) is 13.7. The summed E-state index contributed by atoms with van der Waals surface area (Å²) in [5, 5.41) is 3.50. The van der Waals surface area contributed by atoms with Gasteiger partial charge >= 0.3 is 0 Å². The Labute approximate surface area is 127 Å². The molecule has 0 fully saturated rings. The second-order valence-electron chi connectivity index (χ2n) is 5.75. The van der Waals surface area contributed by atoms with E-state index in [1.165, 1.54) is 11.1 Å². The quantitative estimate of drug-likeness (QED) is 0.930. The van der Waals surface area contributed by atoms with Crippen LogP contribution in [0.5, 0.6) is 0 Å². The molecule has 2 rings (SSSR count). The van der Waals surface area contributed by atoms with Crippen molar-refractivity contribution in [3.63, 3.8) is 0 Å². The van der Waals surface area contributed by atoms with E-state index in [0.717, 1.165) is 22.9 Å². The van der Waals surface area contributed by atoms with Gasteiger partial charge in [-0.2, -0.15) is 0 Å². The molecule has 0 radical (unpaired) electrons. The van der Waals surface area contributed by atoms with Gasteiger partial charge in [0.2, 0.25) is 0 Å². The molecule has 2 aromatic rings. The van der Waals surface area contributed by atoms with Gasteiger partial charge in [0, 0.05) is 25.5 Å². The van der Waals surface area contributed by atoms with Crippen LogP contribution in [0.15, 0.2) is 24.4 Å². The topological polar surface area (TPSA) is 41.0 Å². The maximum atomic E-state index is 4.57. The summed E-state index contributed by atoms with van der Waals surface area (Å²) >= 11 is 0. The molecule has 0 aliphatic carbocycles. The van der Waals surface area contributed by atoms with Crippen molar-refractivity contribution in [2.75, 3.05) is 24.3 Å². The molecular formula is C17H24N4. The fourth-order valence-electron chi connectivity index (χ4n) is 2.75. The normalized spacial score (nSPS) is 12.1. The van der Waals surface area contributed by atoms with Crippen molar-refractivity contribution in [2.45, 2.75) is 33.7 Å². The maximum Gasteiger partial charge on any atom is 0.128 e. The van der Waals surface area contributed by atoms with Crippen LogP contribution in [0.2, 0.25) is 0 Å². The van der Waals surface area contributed by atoms with Crippen molar-refractivity contribution >= 4 is 11.5 Å². The van der Waals surface area contributed by atoms with Crippen LogP contribution in [0, 0.1) is 20.8 Å². The number of aryl methyl sites for hydroxylation is 3. The molecule has 4 heteroatoms. The average molecular weight is 284 g/mol. The third-order valence-electron chi connectivity index (χ3n) is 3.61. The van der Waals surface area contributed by atoms with E-state index in [-0.39, 0.29) is 6.04 Å². The van der Waals surface area contributed by atoms with Crippen LogP contribution in [0.1, 0.15) is 35.5 Å². The molecule has 2 aromatic heterocycles. The lowest BCUT2D eigenvalue weighted by Crippen LogP contribution is -2.13. The average Bonchev–Trinajstić information content (AvgIpc) is 2.37. The summed E-state index contributed by atoms with van der Waals surface area (Å²) in [6.07, 6.45) is 1.87. The number of nitrogens with one attached hydrogen (secondary N) is 1. The standard InChI is InChI=1S/C17H24N4/c1-11-9-12(2)19-13(3)17(11)14(4)20-15-7-8-16(18-10-15)21(5)6/h7-10,14,20H,1-6H3. The van der Waals surface area contributed by atoms with E-state index in [4.69, 9.17) is 0 Å². The van der Waals surface area contributed by atoms with Crippen LogP contribution in [-0.4, -0.2) is 24.1 Å². The zero-order valence-electron chi connectivity index (χ0n) is 13.7. The van der Waals surface area contributed by atoms with E-state index in [2.05, 4.69) is 48.2 Å². The van der Waals surface area contributed by atoms with Gasteiger partial charge in [0.1, 0.15) is 5.82 Å². The van der Waals surface area contributed by atoms with E-state index in [1.807, 2.05) is 38.2 Å². The van der Waals surface area contributed by atoms with Gasteiger partial charge in [0.15, 0.2) is 0 Å². The van der Waals surface area contributed by atoms with Gasteiger partial charge in [-0.25, -0.2) is 4.98 Å². The van der Waals surface area contributed by atoms with E-state index in [9.17, 15) is 0 Å². The molecule has 112 valence electrons. The van der Waals surface area contributed by atoms with Crippen LogP contribution < -0.4 is 10.2 Å². The third kappa shape index (κ3) is 3.51. The van der Waals surface area contributed by atoms with Crippen molar-refractivity contribution in [1.29, 1.82) is 0 Å². The molecule has 0 spiro atoms. The molecule has 0 amide bonds. The van der Waals surface area contributed by atoms with Crippen molar-refractivity contribution in [3.8, 4) is 0 Å². The Morgan fingerprint density at radius 1 is 1.14 bits per heavy atom. The minimum absolute atomic E-state index is 0.199. The summed E-state index contributed by atoms with van der Waals surface area (Å²) in [5.41, 5.74) is 5.71. The summed E-state index contributed by atoms with van der Waals surface area (Å²) < 4.78 is 0. The predicted molar refractivity (Wildman–Crippen MR) is 89.0 cm³/mol. The number of nitrogens with zero attached hydrogens (tertiary/aromatic N) is 3. The van der Waals surface area contributed by atoms with Crippen molar-refractivity contribution in [3.05, 3.63) is 46.9 Å². The van der Waals surface area contributed by atoms with Gasteiger partial charge in [-0.1, -0.05) is 0 Å². The van der Waals surface area contributed by atoms with Crippen LogP contribution in [0.3, 0.4) is 0 Å². The van der Waals surface area contributed by atoms with Crippen LogP contribution in [0.4, 0.5) is 11.5 Å². The van der Waals surface area contributed by atoms with Gasteiger partial charge in [0.05, 0.1) is 17.9 Å². The third-order valence-corrected chi connectivity index (χ3v) is 3.61. The first-order chi connectivity index (χ1) is 9.88. The Hall–Kier alpha value is -2.10. The first-order valence-corrected chi connectivity index (χ1v) is 7.23. The molecule has 1 N–H and O–H groups in total. The number of anilines is 2. The van der Waals surface area contributed by atoms with Gasteiger partial charge < -0.3 is 10.2 Å². The van der Waals surface area contributed by atoms with E-state index in [0.29, 0.717) is 0 Å². The van der Waals surface area contributed by atoms with Crippen molar-refractivity contribution in [1.82, 2.24) is 9.97 Å². The number of aromatic nitrogens is 2. The lowest BCUT2D eigenvalue weighted by molar-refractivity contribution is 0.841. The highest BCUT2D eigenvalue weighted by Gasteiger charge is 2.13. The summed E-state index contributed by atoms with van der Waals surface area (Å²) in [6, 6.07) is 6.41. The number of hydrogen-bond acceptors (Lipinski definition) is 4.